The predicted molar refractivity (Wildman–Crippen MR) is 61.7 cm³/mol. The van der Waals surface area contributed by atoms with Gasteiger partial charge in [-0.05, 0) is 0 Å². The second kappa shape index (κ2) is 12.6. The Hall–Kier alpha value is -0.390. The largest absolute Gasteiger partial charge is 0.184 e. The molecular weight excluding hydrogens is 372 g/mol. The molecule has 0 heterocycles. The summed E-state index contributed by atoms with van der Waals surface area (Å²) in [5.41, 5.74) is 0. The minimum absolute atomic E-state index is 0. The maximum Gasteiger partial charge on any atom is 0 e. The van der Waals surface area contributed by atoms with Gasteiger partial charge in [0.1, 0.15) is 0 Å². The molecule has 0 bridgehead atoms. The molecule has 1 radical (unpaired) electrons. The predicted octanol–water partition coefficient (Wildman–Crippen LogP) is 3.03. The molecule has 14 heavy (non-hydrogen) atoms. The van der Waals surface area contributed by atoms with Crippen molar-refractivity contribution in [1.82, 2.24) is 0 Å². The van der Waals surface area contributed by atoms with Crippen molar-refractivity contribution in [2.24, 2.45) is 0 Å². The van der Waals surface area contributed by atoms with Crippen molar-refractivity contribution >= 4 is 9.90 Å². The van der Waals surface area contributed by atoms with E-state index >= 15 is 0 Å². The molecule has 2 aromatic rings. The fraction of sp³-hybridized carbons (Fsp3) is 0. The van der Waals surface area contributed by atoms with Crippen LogP contribution in [-0.2, 0) is 22.4 Å². The molecule has 0 N–H and O–H groups in total. The van der Waals surface area contributed by atoms with Gasteiger partial charge in [-0.25, -0.2) is 0 Å². The molecular formula is C12H13AuP-2. The minimum atomic E-state index is 0. The average Bonchev–Trinajstić information content (AvgIpc) is 2.24. The van der Waals surface area contributed by atoms with Crippen LogP contribution in [0.25, 0.3) is 0 Å². The molecule has 2 heteroatoms. The Morgan fingerprint density at radius 2 is 0.786 bits per heavy atom. The van der Waals surface area contributed by atoms with Gasteiger partial charge in [0.2, 0.25) is 0 Å². The van der Waals surface area contributed by atoms with Gasteiger partial charge in [-0.1, -0.05) is 0 Å². The first-order valence-electron chi connectivity index (χ1n) is 3.82. The van der Waals surface area contributed by atoms with Crippen molar-refractivity contribution in [3.63, 3.8) is 0 Å². The van der Waals surface area contributed by atoms with Crippen molar-refractivity contribution in [3.8, 4) is 0 Å². The van der Waals surface area contributed by atoms with Gasteiger partial charge in [-0.15, -0.1) is 0 Å². The van der Waals surface area contributed by atoms with Crippen LogP contribution in [0.1, 0.15) is 0 Å². The van der Waals surface area contributed by atoms with Gasteiger partial charge in [0.05, 0.1) is 0 Å². The minimum Gasteiger partial charge on any atom is -0.184 e. The van der Waals surface area contributed by atoms with Crippen LogP contribution in [0, 0.1) is 12.1 Å². The van der Waals surface area contributed by atoms with E-state index in [2.05, 4.69) is 12.1 Å². The Balaban J connectivity index is 0. The first kappa shape index (κ1) is 16.1. The summed E-state index contributed by atoms with van der Waals surface area (Å²) >= 11 is 0. The standard InChI is InChI=1S/2C6H5.Au.H3P/c2*1-2-4-6-5-3-1;;/h2*1-5H;;1H3/q2*-1;;. The molecule has 0 aliphatic rings. The Morgan fingerprint density at radius 1 is 0.500 bits per heavy atom. The van der Waals surface area contributed by atoms with Crippen molar-refractivity contribution in [1.29, 1.82) is 0 Å². The van der Waals surface area contributed by atoms with Crippen LogP contribution in [0.3, 0.4) is 0 Å². The van der Waals surface area contributed by atoms with Crippen molar-refractivity contribution in [2.45, 2.75) is 0 Å². The third-order valence-corrected chi connectivity index (χ3v) is 1.21. The van der Waals surface area contributed by atoms with Gasteiger partial charge < -0.3 is 0 Å². The van der Waals surface area contributed by atoms with Crippen LogP contribution in [0.2, 0.25) is 0 Å². The maximum absolute atomic E-state index is 2.89. The summed E-state index contributed by atoms with van der Waals surface area (Å²) in [5.74, 6) is 0. The van der Waals surface area contributed by atoms with E-state index in [-0.39, 0.29) is 32.3 Å². The van der Waals surface area contributed by atoms with Gasteiger partial charge >= 0.3 is 0 Å². The Labute approximate surface area is 105 Å². The quantitative estimate of drug-likeness (QED) is 0.372. The van der Waals surface area contributed by atoms with Crippen molar-refractivity contribution in [2.75, 3.05) is 0 Å². The zero-order valence-electron chi connectivity index (χ0n) is 7.78. The third-order valence-electron chi connectivity index (χ3n) is 1.21. The van der Waals surface area contributed by atoms with Crippen LogP contribution < -0.4 is 0 Å². The van der Waals surface area contributed by atoms with Crippen molar-refractivity contribution < 1.29 is 22.4 Å². The van der Waals surface area contributed by atoms with Gasteiger partial charge in [-0.3, -0.25) is 0 Å². The first-order valence-corrected chi connectivity index (χ1v) is 3.82. The fourth-order valence-electron chi connectivity index (χ4n) is 0.684. The van der Waals surface area contributed by atoms with Crippen LogP contribution >= 0.6 is 9.90 Å². The summed E-state index contributed by atoms with van der Waals surface area (Å²) in [7, 11) is 0. The molecule has 0 fully saturated rings. The van der Waals surface area contributed by atoms with Crippen LogP contribution in [0.4, 0.5) is 0 Å². The average molecular weight is 385 g/mol. The van der Waals surface area contributed by atoms with E-state index < -0.39 is 0 Å². The number of rotatable bonds is 0. The molecule has 2 aromatic carbocycles. The summed E-state index contributed by atoms with van der Waals surface area (Å²) in [5, 5.41) is 0. The normalized spacial score (nSPS) is 6.86. The van der Waals surface area contributed by atoms with Gasteiger partial charge in [0.25, 0.3) is 0 Å². The van der Waals surface area contributed by atoms with Crippen molar-refractivity contribution in [3.05, 3.63) is 72.8 Å². The van der Waals surface area contributed by atoms with Gasteiger partial charge in [0, 0.05) is 22.4 Å². The topological polar surface area (TPSA) is 0 Å². The zero-order chi connectivity index (χ0) is 8.49. The molecule has 0 aliphatic carbocycles. The first-order chi connectivity index (χ1) is 6.00. The Kier molecular flexibility index (Phi) is 14.5. The fourth-order valence-corrected chi connectivity index (χ4v) is 0.684. The summed E-state index contributed by atoms with van der Waals surface area (Å²) in [4.78, 5) is 0. The summed E-state index contributed by atoms with van der Waals surface area (Å²) in [6.07, 6.45) is 0. The second-order valence-electron chi connectivity index (χ2n) is 2.15. The molecule has 1 atom stereocenters. The molecule has 0 saturated carbocycles. The molecule has 0 nitrogen and oxygen atoms in total. The molecule has 0 amide bonds. The number of benzene rings is 2. The molecule has 1 unspecified atom stereocenters. The molecule has 0 spiro atoms. The van der Waals surface area contributed by atoms with E-state index in [4.69, 9.17) is 0 Å². The zero-order valence-corrected chi connectivity index (χ0v) is 11.4. The SMILES string of the molecule is P.[Au].[c-]1ccccc1.[c-]1ccccc1. The van der Waals surface area contributed by atoms with E-state index in [0.717, 1.165) is 0 Å². The van der Waals surface area contributed by atoms with Gasteiger partial charge in [-0.2, -0.15) is 82.7 Å². The van der Waals surface area contributed by atoms with Crippen LogP contribution in [0.15, 0.2) is 60.7 Å². The van der Waals surface area contributed by atoms with E-state index in [1.807, 2.05) is 60.7 Å². The van der Waals surface area contributed by atoms with Gasteiger partial charge in [0.15, 0.2) is 0 Å². The van der Waals surface area contributed by atoms with E-state index in [1.165, 1.54) is 0 Å². The molecule has 2 rings (SSSR count). The summed E-state index contributed by atoms with van der Waals surface area (Å²) in [6, 6.07) is 25.0. The molecule has 0 saturated heterocycles. The second-order valence-corrected chi connectivity index (χ2v) is 2.15. The van der Waals surface area contributed by atoms with Crippen LogP contribution in [-0.4, -0.2) is 0 Å². The summed E-state index contributed by atoms with van der Waals surface area (Å²) < 4.78 is 0. The molecule has 79 valence electrons. The van der Waals surface area contributed by atoms with E-state index in [9.17, 15) is 0 Å². The van der Waals surface area contributed by atoms with E-state index in [0.29, 0.717) is 0 Å². The van der Waals surface area contributed by atoms with E-state index in [1.54, 1.807) is 0 Å². The smallest absolute Gasteiger partial charge is 0 e. The Bertz CT molecular complexity index is 186. The molecule has 0 aliphatic heterocycles. The third kappa shape index (κ3) is 9.70. The number of hydrogen-bond donors (Lipinski definition) is 0. The van der Waals surface area contributed by atoms with Crippen LogP contribution in [0.5, 0.6) is 0 Å². The monoisotopic (exact) mass is 385 g/mol. The molecule has 0 aromatic heterocycles. The Morgan fingerprint density at radius 3 is 0.857 bits per heavy atom. The number of hydrogen-bond acceptors (Lipinski definition) is 0. The maximum atomic E-state index is 2.89. The summed E-state index contributed by atoms with van der Waals surface area (Å²) in [6.45, 7) is 0.